The van der Waals surface area contributed by atoms with Crippen LogP contribution in [0.5, 0.6) is 0 Å². The van der Waals surface area contributed by atoms with Crippen LogP contribution in [0.2, 0.25) is 5.15 Å². The summed E-state index contributed by atoms with van der Waals surface area (Å²) in [7, 11) is 0. The molecular formula is C15H13ClN4O2. The number of nitrogens with two attached hydrogens (primary N) is 1. The number of alkyl carbamates (subject to hydrolysis) is 1. The highest BCUT2D eigenvalue weighted by molar-refractivity contribution is 6.29. The Kier molecular flexibility index (Phi) is 5.57. The van der Waals surface area contributed by atoms with Gasteiger partial charge in [-0.3, -0.25) is 0 Å². The van der Waals surface area contributed by atoms with Crippen molar-refractivity contribution < 1.29 is 9.53 Å². The quantitative estimate of drug-likeness (QED) is 0.845. The van der Waals surface area contributed by atoms with Crippen molar-refractivity contribution in [1.82, 2.24) is 15.3 Å². The molecule has 1 aromatic heterocycles. The van der Waals surface area contributed by atoms with Crippen LogP contribution in [0.1, 0.15) is 11.3 Å². The molecule has 0 aliphatic heterocycles. The molecule has 2 rings (SSSR count). The number of rotatable bonds is 3. The molecular weight excluding hydrogens is 304 g/mol. The first kappa shape index (κ1) is 15.6. The van der Waals surface area contributed by atoms with Gasteiger partial charge in [0.2, 0.25) is 0 Å². The molecule has 0 radical (unpaired) electrons. The van der Waals surface area contributed by atoms with E-state index in [2.05, 4.69) is 27.1 Å². The molecule has 0 spiro atoms. The molecule has 112 valence electrons. The summed E-state index contributed by atoms with van der Waals surface area (Å²) in [6.07, 6.45) is 0.803. The third-order valence-corrected chi connectivity index (χ3v) is 2.69. The largest absolute Gasteiger partial charge is 0.445 e. The third-order valence-electron chi connectivity index (χ3n) is 2.51. The summed E-state index contributed by atoms with van der Waals surface area (Å²) < 4.78 is 5.03. The maximum atomic E-state index is 11.5. The average molecular weight is 317 g/mol. The van der Waals surface area contributed by atoms with Crippen LogP contribution in [0.25, 0.3) is 0 Å². The molecule has 0 unspecified atom stereocenters. The Morgan fingerprint density at radius 1 is 1.36 bits per heavy atom. The standard InChI is InChI=1S/C15H13ClN4O2/c16-13-9-19-12(14(17)20-13)7-4-8-18-15(21)22-10-11-5-2-1-3-6-11/h1-3,5-6,9H,8,10H2,(H2,17,20)(H,18,21). The molecule has 2 aromatic rings. The zero-order valence-corrected chi connectivity index (χ0v) is 12.3. The first-order chi connectivity index (χ1) is 10.6. The van der Waals surface area contributed by atoms with Gasteiger partial charge in [0.15, 0.2) is 11.5 Å². The van der Waals surface area contributed by atoms with Crippen LogP contribution < -0.4 is 11.1 Å². The number of carbonyl (C=O) groups excluding carboxylic acids is 1. The number of ether oxygens (including phenoxy) is 1. The van der Waals surface area contributed by atoms with E-state index in [0.717, 1.165) is 5.56 Å². The lowest BCUT2D eigenvalue weighted by Gasteiger charge is -2.04. The summed E-state index contributed by atoms with van der Waals surface area (Å²) in [6, 6.07) is 9.38. The Labute approximate surface area is 132 Å². The fourth-order valence-corrected chi connectivity index (χ4v) is 1.64. The summed E-state index contributed by atoms with van der Waals surface area (Å²) in [5.41, 5.74) is 6.82. The van der Waals surface area contributed by atoms with Crippen LogP contribution in [-0.2, 0) is 11.3 Å². The van der Waals surface area contributed by atoms with Crippen molar-refractivity contribution in [3.8, 4) is 11.8 Å². The third kappa shape index (κ3) is 4.96. The molecule has 0 aliphatic rings. The number of nitrogen functional groups attached to an aromatic ring is 1. The molecule has 22 heavy (non-hydrogen) atoms. The first-order valence-corrected chi connectivity index (χ1v) is 6.74. The zero-order valence-electron chi connectivity index (χ0n) is 11.5. The maximum absolute atomic E-state index is 11.5. The normalized spacial score (nSPS) is 9.50. The highest BCUT2D eigenvalue weighted by atomic mass is 35.5. The van der Waals surface area contributed by atoms with Gasteiger partial charge in [-0.15, -0.1) is 0 Å². The van der Waals surface area contributed by atoms with Crippen molar-refractivity contribution in [3.63, 3.8) is 0 Å². The van der Waals surface area contributed by atoms with Crippen LogP contribution in [-0.4, -0.2) is 22.6 Å². The summed E-state index contributed by atoms with van der Waals surface area (Å²) in [4.78, 5) is 19.2. The molecule has 0 bridgehead atoms. The van der Waals surface area contributed by atoms with E-state index in [1.54, 1.807) is 0 Å². The predicted octanol–water partition coefficient (Wildman–Crippen LogP) is 1.99. The van der Waals surface area contributed by atoms with E-state index in [1.165, 1.54) is 6.20 Å². The monoisotopic (exact) mass is 316 g/mol. The van der Waals surface area contributed by atoms with Gasteiger partial charge in [-0.25, -0.2) is 14.8 Å². The zero-order chi connectivity index (χ0) is 15.8. The Balaban J connectivity index is 1.76. The van der Waals surface area contributed by atoms with E-state index >= 15 is 0 Å². The van der Waals surface area contributed by atoms with Crippen molar-refractivity contribution in [2.24, 2.45) is 0 Å². The number of benzene rings is 1. The first-order valence-electron chi connectivity index (χ1n) is 6.36. The molecule has 0 aliphatic carbocycles. The molecule has 6 nitrogen and oxygen atoms in total. The summed E-state index contributed by atoms with van der Waals surface area (Å²) >= 11 is 5.63. The minimum absolute atomic E-state index is 0.109. The van der Waals surface area contributed by atoms with Crippen LogP contribution in [0.4, 0.5) is 10.6 Å². The molecule has 0 saturated heterocycles. The molecule has 0 fully saturated rings. The number of nitrogens with zero attached hydrogens (tertiary/aromatic N) is 2. The molecule has 3 N–H and O–H groups in total. The number of carbonyl (C=O) groups is 1. The number of amides is 1. The molecule has 1 amide bonds. The minimum Gasteiger partial charge on any atom is -0.445 e. The smallest absolute Gasteiger partial charge is 0.408 e. The SMILES string of the molecule is Nc1nc(Cl)cnc1C#CCNC(=O)OCc1ccccc1. The van der Waals surface area contributed by atoms with Crippen molar-refractivity contribution in [1.29, 1.82) is 0 Å². The number of halogens is 1. The number of anilines is 1. The Bertz CT molecular complexity index is 710. The number of hydrogen-bond acceptors (Lipinski definition) is 5. The number of hydrogen-bond donors (Lipinski definition) is 2. The van der Waals surface area contributed by atoms with Gasteiger partial charge in [0.25, 0.3) is 0 Å². The number of nitrogens with one attached hydrogen (secondary N) is 1. The van der Waals surface area contributed by atoms with E-state index in [9.17, 15) is 4.79 Å². The number of aromatic nitrogens is 2. The highest BCUT2D eigenvalue weighted by Gasteiger charge is 2.01. The Morgan fingerprint density at radius 2 is 2.14 bits per heavy atom. The molecule has 1 aromatic carbocycles. The van der Waals surface area contributed by atoms with E-state index in [0.29, 0.717) is 5.69 Å². The van der Waals surface area contributed by atoms with Gasteiger partial charge in [-0.2, -0.15) is 0 Å². The van der Waals surface area contributed by atoms with E-state index in [4.69, 9.17) is 22.1 Å². The maximum Gasteiger partial charge on any atom is 0.408 e. The van der Waals surface area contributed by atoms with Crippen molar-refractivity contribution in [3.05, 3.63) is 52.9 Å². The molecule has 0 atom stereocenters. The lowest BCUT2D eigenvalue weighted by Crippen LogP contribution is -2.24. The van der Waals surface area contributed by atoms with Gasteiger partial charge in [0.05, 0.1) is 12.7 Å². The second kappa shape index (κ2) is 7.86. The second-order valence-corrected chi connectivity index (χ2v) is 4.53. The van der Waals surface area contributed by atoms with E-state index < -0.39 is 6.09 Å². The highest BCUT2D eigenvalue weighted by Crippen LogP contribution is 2.08. The lowest BCUT2D eigenvalue weighted by atomic mass is 10.2. The van der Waals surface area contributed by atoms with Crippen LogP contribution >= 0.6 is 11.6 Å². The van der Waals surface area contributed by atoms with Crippen molar-refractivity contribution in [2.75, 3.05) is 12.3 Å². The molecule has 1 heterocycles. The van der Waals surface area contributed by atoms with Crippen molar-refractivity contribution >= 4 is 23.5 Å². The van der Waals surface area contributed by atoms with Gasteiger partial charge in [0, 0.05) is 0 Å². The van der Waals surface area contributed by atoms with Gasteiger partial charge in [0.1, 0.15) is 11.8 Å². The average Bonchev–Trinajstić information content (AvgIpc) is 2.52. The minimum atomic E-state index is -0.548. The summed E-state index contributed by atoms with van der Waals surface area (Å²) in [5, 5.41) is 2.70. The van der Waals surface area contributed by atoms with Crippen LogP contribution in [0, 0.1) is 11.8 Å². The van der Waals surface area contributed by atoms with E-state index in [1.807, 2.05) is 30.3 Å². The van der Waals surface area contributed by atoms with Gasteiger partial charge in [-0.05, 0) is 11.5 Å². The Hall–Kier alpha value is -2.78. The predicted molar refractivity (Wildman–Crippen MR) is 83.0 cm³/mol. The fraction of sp³-hybridized carbons (Fsp3) is 0.133. The molecule has 7 heteroatoms. The lowest BCUT2D eigenvalue weighted by molar-refractivity contribution is 0.141. The van der Waals surface area contributed by atoms with Crippen LogP contribution in [0.3, 0.4) is 0 Å². The van der Waals surface area contributed by atoms with E-state index in [-0.39, 0.29) is 24.1 Å². The second-order valence-electron chi connectivity index (χ2n) is 4.14. The summed E-state index contributed by atoms with van der Waals surface area (Å²) in [5.74, 6) is 5.54. The topological polar surface area (TPSA) is 90.1 Å². The van der Waals surface area contributed by atoms with Gasteiger partial charge in [-0.1, -0.05) is 47.9 Å². The molecule has 0 saturated carbocycles. The fourth-order valence-electron chi connectivity index (χ4n) is 1.50. The Morgan fingerprint density at radius 3 is 2.86 bits per heavy atom. The van der Waals surface area contributed by atoms with Gasteiger partial charge < -0.3 is 15.8 Å². The van der Waals surface area contributed by atoms with Crippen molar-refractivity contribution in [2.45, 2.75) is 6.61 Å². The van der Waals surface area contributed by atoms with Gasteiger partial charge >= 0.3 is 6.09 Å². The summed E-state index contributed by atoms with van der Waals surface area (Å²) in [6.45, 7) is 0.313. The van der Waals surface area contributed by atoms with Crippen LogP contribution in [0.15, 0.2) is 36.5 Å².